The van der Waals surface area contributed by atoms with Gasteiger partial charge in [-0.1, -0.05) is 30.3 Å². The molecule has 0 radical (unpaired) electrons. The van der Waals surface area contributed by atoms with Crippen molar-refractivity contribution in [1.29, 1.82) is 0 Å². The highest BCUT2D eigenvalue weighted by Crippen LogP contribution is 2.09. The van der Waals surface area contributed by atoms with Crippen molar-refractivity contribution in [3.8, 4) is 0 Å². The fourth-order valence-electron chi connectivity index (χ4n) is 1.78. The fourth-order valence-corrected chi connectivity index (χ4v) is 1.78. The number of hydrogen-bond donors (Lipinski definition) is 0. The van der Waals surface area contributed by atoms with Gasteiger partial charge in [-0.2, -0.15) is 0 Å². The van der Waals surface area contributed by atoms with Gasteiger partial charge in [-0.05, 0) is 12.0 Å². The van der Waals surface area contributed by atoms with Crippen molar-refractivity contribution in [3.63, 3.8) is 0 Å². The minimum Gasteiger partial charge on any atom is -0.381 e. The largest absolute Gasteiger partial charge is 0.381 e. The van der Waals surface area contributed by atoms with Gasteiger partial charge >= 0.3 is 0 Å². The van der Waals surface area contributed by atoms with Crippen LogP contribution in [0.15, 0.2) is 30.3 Å². The summed E-state index contributed by atoms with van der Waals surface area (Å²) in [5, 5.41) is 0. The van der Waals surface area contributed by atoms with Gasteiger partial charge in [0, 0.05) is 27.2 Å². The summed E-state index contributed by atoms with van der Waals surface area (Å²) in [6.45, 7) is 1.20. The molecule has 1 rings (SSSR count). The molecule has 0 saturated heterocycles. The van der Waals surface area contributed by atoms with Crippen LogP contribution in [0.5, 0.6) is 0 Å². The number of benzene rings is 1. The summed E-state index contributed by atoms with van der Waals surface area (Å²) in [5.74, 6) is 0. The third-order valence-corrected chi connectivity index (χ3v) is 2.98. The zero-order valence-electron chi connectivity index (χ0n) is 11.6. The molecule has 19 heavy (non-hydrogen) atoms. The van der Waals surface area contributed by atoms with Crippen LogP contribution in [0.3, 0.4) is 0 Å². The Bertz CT molecular complexity index is 339. The average Bonchev–Trinajstić information content (AvgIpc) is 2.48. The highest BCUT2D eigenvalue weighted by molar-refractivity contribution is 5.55. The predicted octanol–water partition coefficient (Wildman–Crippen LogP) is 2.21. The highest BCUT2D eigenvalue weighted by atomic mass is 16.5. The summed E-state index contributed by atoms with van der Waals surface area (Å²) < 4.78 is 15.9. The summed E-state index contributed by atoms with van der Waals surface area (Å²) >= 11 is 0. The van der Waals surface area contributed by atoms with Gasteiger partial charge in [0.05, 0.1) is 12.7 Å². The summed E-state index contributed by atoms with van der Waals surface area (Å²) in [6, 6.07) is 10.0. The monoisotopic (exact) mass is 266 g/mol. The van der Waals surface area contributed by atoms with Crippen molar-refractivity contribution in [2.45, 2.75) is 31.7 Å². The molecule has 4 heteroatoms. The van der Waals surface area contributed by atoms with E-state index in [-0.39, 0.29) is 6.10 Å². The molecule has 0 aliphatic heterocycles. The third kappa shape index (κ3) is 6.47. The second kappa shape index (κ2) is 9.67. The summed E-state index contributed by atoms with van der Waals surface area (Å²) in [6.07, 6.45) is 1.68. The SMILES string of the molecule is CO[C@H](CCOCc1ccccc1)C[C@H](C=O)OC. The van der Waals surface area contributed by atoms with Crippen LogP contribution in [0, 0.1) is 0 Å². The van der Waals surface area contributed by atoms with Crippen LogP contribution in [0.25, 0.3) is 0 Å². The zero-order chi connectivity index (χ0) is 13.9. The Hall–Kier alpha value is -1.23. The van der Waals surface area contributed by atoms with Gasteiger partial charge in [0.15, 0.2) is 0 Å². The molecule has 0 amide bonds. The maximum atomic E-state index is 10.7. The van der Waals surface area contributed by atoms with Gasteiger partial charge in [-0.25, -0.2) is 0 Å². The van der Waals surface area contributed by atoms with Crippen molar-refractivity contribution in [3.05, 3.63) is 35.9 Å². The molecule has 0 fully saturated rings. The first-order valence-electron chi connectivity index (χ1n) is 6.42. The first-order valence-corrected chi connectivity index (χ1v) is 6.42. The Kier molecular flexibility index (Phi) is 8.05. The van der Waals surface area contributed by atoms with E-state index in [2.05, 4.69) is 0 Å². The Morgan fingerprint density at radius 2 is 1.89 bits per heavy atom. The Morgan fingerprint density at radius 3 is 2.47 bits per heavy atom. The average molecular weight is 266 g/mol. The lowest BCUT2D eigenvalue weighted by molar-refractivity contribution is -0.118. The number of carbonyl (C=O) groups is 1. The molecule has 0 N–H and O–H groups in total. The molecule has 0 aliphatic rings. The molecule has 4 nitrogen and oxygen atoms in total. The predicted molar refractivity (Wildman–Crippen MR) is 73.0 cm³/mol. The summed E-state index contributed by atoms with van der Waals surface area (Å²) in [4.78, 5) is 10.7. The van der Waals surface area contributed by atoms with E-state index in [1.54, 1.807) is 7.11 Å². The van der Waals surface area contributed by atoms with Crippen molar-refractivity contribution < 1.29 is 19.0 Å². The van der Waals surface area contributed by atoms with Crippen LogP contribution < -0.4 is 0 Å². The van der Waals surface area contributed by atoms with Crippen LogP contribution in [-0.2, 0) is 25.6 Å². The van der Waals surface area contributed by atoms with Crippen LogP contribution in [0.1, 0.15) is 18.4 Å². The first kappa shape index (κ1) is 15.8. The topological polar surface area (TPSA) is 44.8 Å². The van der Waals surface area contributed by atoms with Crippen molar-refractivity contribution in [1.82, 2.24) is 0 Å². The number of aldehydes is 1. The molecular weight excluding hydrogens is 244 g/mol. The van der Waals surface area contributed by atoms with E-state index in [0.29, 0.717) is 19.6 Å². The lowest BCUT2D eigenvalue weighted by Gasteiger charge is -2.18. The van der Waals surface area contributed by atoms with E-state index in [9.17, 15) is 4.79 Å². The molecule has 0 saturated carbocycles. The molecule has 0 aliphatic carbocycles. The Labute approximate surface area is 114 Å². The Balaban J connectivity index is 2.20. The highest BCUT2D eigenvalue weighted by Gasteiger charge is 2.14. The quantitative estimate of drug-likeness (QED) is 0.481. The summed E-state index contributed by atoms with van der Waals surface area (Å²) in [5.41, 5.74) is 1.15. The van der Waals surface area contributed by atoms with Gasteiger partial charge in [0.2, 0.25) is 0 Å². The number of carbonyl (C=O) groups excluding carboxylic acids is 1. The van der Waals surface area contributed by atoms with Crippen LogP contribution in [0.4, 0.5) is 0 Å². The molecular formula is C15H22O4. The second-order valence-corrected chi connectivity index (χ2v) is 4.33. The normalized spacial score (nSPS) is 14.0. The smallest absolute Gasteiger partial charge is 0.148 e. The van der Waals surface area contributed by atoms with E-state index in [1.807, 2.05) is 30.3 Å². The molecule has 0 bridgehead atoms. The summed E-state index contributed by atoms with van der Waals surface area (Å²) in [7, 11) is 3.16. The molecule has 106 valence electrons. The maximum Gasteiger partial charge on any atom is 0.148 e. The van der Waals surface area contributed by atoms with E-state index < -0.39 is 6.10 Å². The molecule has 0 heterocycles. The van der Waals surface area contributed by atoms with Crippen molar-refractivity contribution >= 4 is 6.29 Å². The van der Waals surface area contributed by atoms with Crippen LogP contribution >= 0.6 is 0 Å². The minimum atomic E-state index is -0.404. The van der Waals surface area contributed by atoms with E-state index >= 15 is 0 Å². The second-order valence-electron chi connectivity index (χ2n) is 4.33. The van der Waals surface area contributed by atoms with Crippen LogP contribution in [-0.4, -0.2) is 39.3 Å². The molecule has 1 aromatic rings. The third-order valence-electron chi connectivity index (χ3n) is 2.98. The number of rotatable bonds is 10. The van der Waals surface area contributed by atoms with Gasteiger partial charge in [-0.15, -0.1) is 0 Å². The standard InChI is InChI=1S/C15H22O4/c1-17-14(10-15(11-16)18-2)8-9-19-12-13-6-4-3-5-7-13/h3-7,11,14-15H,8-10,12H2,1-2H3/t14-,15-/m1/s1. The minimum absolute atomic E-state index is 0.0223. The van der Waals surface area contributed by atoms with Gasteiger partial charge in [-0.3, -0.25) is 0 Å². The molecule has 0 aromatic heterocycles. The lowest BCUT2D eigenvalue weighted by Crippen LogP contribution is -2.23. The zero-order valence-corrected chi connectivity index (χ0v) is 11.6. The lowest BCUT2D eigenvalue weighted by atomic mass is 10.1. The Morgan fingerprint density at radius 1 is 1.16 bits per heavy atom. The van der Waals surface area contributed by atoms with E-state index in [0.717, 1.165) is 18.3 Å². The molecule has 0 spiro atoms. The van der Waals surface area contributed by atoms with Crippen molar-refractivity contribution in [2.24, 2.45) is 0 Å². The number of hydrogen-bond acceptors (Lipinski definition) is 4. The maximum absolute atomic E-state index is 10.7. The van der Waals surface area contributed by atoms with E-state index in [1.165, 1.54) is 7.11 Å². The van der Waals surface area contributed by atoms with Gasteiger partial charge in [0.1, 0.15) is 12.4 Å². The number of methoxy groups -OCH3 is 2. The van der Waals surface area contributed by atoms with Crippen LogP contribution in [0.2, 0.25) is 0 Å². The van der Waals surface area contributed by atoms with E-state index in [4.69, 9.17) is 14.2 Å². The first-order chi connectivity index (χ1) is 9.30. The van der Waals surface area contributed by atoms with Crippen molar-refractivity contribution in [2.75, 3.05) is 20.8 Å². The number of ether oxygens (including phenoxy) is 3. The molecule has 2 atom stereocenters. The van der Waals surface area contributed by atoms with Gasteiger partial charge < -0.3 is 19.0 Å². The fraction of sp³-hybridized carbons (Fsp3) is 0.533. The molecule has 0 unspecified atom stereocenters. The van der Waals surface area contributed by atoms with Gasteiger partial charge in [0.25, 0.3) is 0 Å². The molecule has 1 aromatic carbocycles.